The molecule has 4 unspecified atom stereocenters. The molecule has 0 radical (unpaired) electrons. The van der Waals surface area contributed by atoms with Gasteiger partial charge < -0.3 is 5.32 Å². The molecule has 1 aromatic heterocycles. The Hall–Kier alpha value is -1.57. The SMILES string of the molecule is CC(Nc1ccc2ccccc2n1)C1CC2CCC1C2. The summed E-state index contributed by atoms with van der Waals surface area (Å²) in [5, 5.41) is 4.86. The quantitative estimate of drug-likeness (QED) is 0.886. The molecule has 104 valence electrons. The van der Waals surface area contributed by atoms with Crippen LogP contribution in [0.3, 0.4) is 0 Å². The first-order valence-electron chi connectivity index (χ1n) is 7.92. The Morgan fingerprint density at radius 1 is 1.10 bits per heavy atom. The van der Waals surface area contributed by atoms with Crippen LogP contribution in [0, 0.1) is 17.8 Å². The topological polar surface area (TPSA) is 24.9 Å². The van der Waals surface area contributed by atoms with Gasteiger partial charge in [-0.15, -0.1) is 0 Å². The summed E-state index contributed by atoms with van der Waals surface area (Å²) in [7, 11) is 0. The van der Waals surface area contributed by atoms with Crippen molar-refractivity contribution >= 4 is 16.7 Å². The van der Waals surface area contributed by atoms with Gasteiger partial charge in [0, 0.05) is 11.4 Å². The summed E-state index contributed by atoms with van der Waals surface area (Å²) in [6, 6.07) is 13.1. The minimum Gasteiger partial charge on any atom is -0.367 e. The van der Waals surface area contributed by atoms with Crippen molar-refractivity contribution in [2.24, 2.45) is 17.8 Å². The second-order valence-electron chi connectivity index (χ2n) is 6.66. The lowest BCUT2D eigenvalue weighted by Gasteiger charge is -2.29. The second-order valence-corrected chi connectivity index (χ2v) is 6.66. The number of para-hydroxylation sites is 1. The number of pyridine rings is 1. The van der Waals surface area contributed by atoms with Crippen LogP contribution in [0.5, 0.6) is 0 Å². The molecule has 2 fully saturated rings. The Morgan fingerprint density at radius 2 is 2.00 bits per heavy atom. The number of aromatic nitrogens is 1. The van der Waals surface area contributed by atoms with E-state index in [1.165, 1.54) is 31.1 Å². The van der Waals surface area contributed by atoms with Crippen molar-refractivity contribution in [1.82, 2.24) is 4.98 Å². The van der Waals surface area contributed by atoms with Gasteiger partial charge in [0.2, 0.25) is 0 Å². The minimum atomic E-state index is 0.541. The zero-order chi connectivity index (χ0) is 13.5. The van der Waals surface area contributed by atoms with Gasteiger partial charge in [-0.05, 0) is 62.1 Å². The number of benzene rings is 1. The van der Waals surface area contributed by atoms with Crippen molar-refractivity contribution in [3.05, 3.63) is 36.4 Å². The van der Waals surface area contributed by atoms with Crippen LogP contribution in [0.4, 0.5) is 5.82 Å². The van der Waals surface area contributed by atoms with Gasteiger partial charge in [0.15, 0.2) is 0 Å². The Morgan fingerprint density at radius 3 is 2.80 bits per heavy atom. The lowest BCUT2D eigenvalue weighted by Crippen LogP contribution is -2.30. The van der Waals surface area contributed by atoms with Crippen LogP contribution in [-0.2, 0) is 0 Å². The first-order valence-corrected chi connectivity index (χ1v) is 7.92. The summed E-state index contributed by atoms with van der Waals surface area (Å²) in [4.78, 5) is 4.74. The molecule has 0 saturated heterocycles. The maximum Gasteiger partial charge on any atom is 0.126 e. The van der Waals surface area contributed by atoms with Crippen molar-refractivity contribution in [2.45, 2.75) is 38.6 Å². The van der Waals surface area contributed by atoms with E-state index in [0.717, 1.165) is 29.1 Å². The lowest BCUT2D eigenvalue weighted by atomic mass is 9.84. The van der Waals surface area contributed by atoms with Gasteiger partial charge in [-0.1, -0.05) is 24.6 Å². The molecule has 0 aliphatic heterocycles. The number of nitrogens with zero attached hydrogens (tertiary/aromatic N) is 1. The first-order chi connectivity index (χ1) is 9.79. The Bertz CT molecular complexity index is 622. The van der Waals surface area contributed by atoms with E-state index in [9.17, 15) is 0 Å². The monoisotopic (exact) mass is 266 g/mol. The third-order valence-electron chi connectivity index (χ3n) is 5.41. The summed E-state index contributed by atoms with van der Waals surface area (Å²) in [6.45, 7) is 2.34. The van der Waals surface area contributed by atoms with Gasteiger partial charge in [0.25, 0.3) is 0 Å². The Kier molecular flexibility index (Phi) is 2.90. The summed E-state index contributed by atoms with van der Waals surface area (Å²) >= 11 is 0. The average molecular weight is 266 g/mol. The highest BCUT2D eigenvalue weighted by Crippen LogP contribution is 2.49. The van der Waals surface area contributed by atoms with Crippen LogP contribution in [0.1, 0.15) is 32.6 Å². The van der Waals surface area contributed by atoms with Crippen LogP contribution in [0.25, 0.3) is 10.9 Å². The fraction of sp³-hybridized carbons (Fsp3) is 0.500. The average Bonchev–Trinajstić information content (AvgIpc) is 3.10. The smallest absolute Gasteiger partial charge is 0.126 e. The van der Waals surface area contributed by atoms with E-state index in [2.05, 4.69) is 48.6 Å². The van der Waals surface area contributed by atoms with Gasteiger partial charge >= 0.3 is 0 Å². The predicted octanol–water partition coefficient (Wildman–Crippen LogP) is 4.47. The molecular formula is C18H22N2. The molecule has 2 nitrogen and oxygen atoms in total. The Labute approximate surface area is 120 Å². The fourth-order valence-corrected chi connectivity index (χ4v) is 4.39. The molecule has 2 heteroatoms. The number of hydrogen-bond donors (Lipinski definition) is 1. The first kappa shape index (κ1) is 12.2. The third-order valence-corrected chi connectivity index (χ3v) is 5.41. The molecule has 2 aromatic rings. The van der Waals surface area contributed by atoms with E-state index >= 15 is 0 Å². The summed E-state index contributed by atoms with van der Waals surface area (Å²) in [5.74, 6) is 3.85. The van der Waals surface area contributed by atoms with Crippen molar-refractivity contribution in [2.75, 3.05) is 5.32 Å². The molecule has 1 heterocycles. The van der Waals surface area contributed by atoms with E-state index in [-0.39, 0.29) is 0 Å². The van der Waals surface area contributed by atoms with E-state index < -0.39 is 0 Å². The van der Waals surface area contributed by atoms with E-state index in [0.29, 0.717) is 6.04 Å². The molecule has 1 aromatic carbocycles. The molecule has 20 heavy (non-hydrogen) atoms. The van der Waals surface area contributed by atoms with Crippen LogP contribution in [0.2, 0.25) is 0 Å². The molecular weight excluding hydrogens is 244 g/mol. The van der Waals surface area contributed by atoms with Crippen molar-refractivity contribution in [3.8, 4) is 0 Å². The predicted molar refractivity (Wildman–Crippen MR) is 83.8 cm³/mol. The molecule has 0 amide bonds. The molecule has 4 rings (SSSR count). The summed E-state index contributed by atoms with van der Waals surface area (Å²) < 4.78 is 0. The molecule has 2 bridgehead atoms. The number of fused-ring (bicyclic) bond motifs is 3. The normalized spacial score (nSPS) is 29.8. The standard InChI is InChI=1S/C18H22N2/c1-12(16-11-13-6-7-15(16)10-13)19-18-9-8-14-4-2-3-5-17(14)20-18/h2-5,8-9,12-13,15-16H,6-7,10-11H2,1H3,(H,19,20). The summed E-state index contributed by atoms with van der Waals surface area (Å²) in [5.41, 5.74) is 1.08. The number of hydrogen-bond acceptors (Lipinski definition) is 2. The highest BCUT2D eigenvalue weighted by atomic mass is 15.0. The Balaban J connectivity index is 1.52. The molecule has 1 N–H and O–H groups in total. The van der Waals surface area contributed by atoms with Crippen LogP contribution in [-0.4, -0.2) is 11.0 Å². The minimum absolute atomic E-state index is 0.541. The van der Waals surface area contributed by atoms with Crippen molar-refractivity contribution in [3.63, 3.8) is 0 Å². The van der Waals surface area contributed by atoms with Crippen molar-refractivity contribution in [1.29, 1.82) is 0 Å². The lowest BCUT2D eigenvalue weighted by molar-refractivity contribution is 0.304. The zero-order valence-corrected chi connectivity index (χ0v) is 12.0. The third kappa shape index (κ3) is 2.07. The van der Waals surface area contributed by atoms with E-state index in [4.69, 9.17) is 4.98 Å². The van der Waals surface area contributed by atoms with E-state index in [1.807, 2.05) is 0 Å². The van der Waals surface area contributed by atoms with Gasteiger partial charge in [-0.2, -0.15) is 0 Å². The summed E-state index contributed by atoms with van der Waals surface area (Å²) in [6.07, 6.45) is 5.82. The fourth-order valence-electron chi connectivity index (χ4n) is 4.39. The van der Waals surface area contributed by atoms with Gasteiger partial charge in [-0.3, -0.25) is 0 Å². The maximum atomic E-state index is 4.74. The van der Waals surface area contributed by atoms with E-state index in [1.54, 1.807) is 0 Å². The van der Waals surface area contributed by atoms with Gasteiger partial charge in [0.1, 0.15) is 5.82 Å². The molecule has 4 atom stereocenters. The number of rotatable bonds is 3. The molecule has 2 aliphatic rings. The van der Waals surface area contributed by atoms with Gasteiger partial charge in [-0.25, -0.2) is 4.98 Å². The zero-order valence-electron chi connectivity index (χ0n) is 12.0. The second kappa shape index (κ2) is 4.76. The van der Waals surface area contributed by atoms with Crippen LogP contribution >= 0.6 is 0 Å². The highest BCUT2D eigenvalue weighted by molar-refractivity contribution is 5.80. The van der Waals surface area contributed by atoms with Crippen LogP contribution < -0.4 is 5.32 Å². The molecule has 2 aliphatic carbocycles. The number of anilines is 1. The molecule has 2 saturated carbocycles. The maximum absolute atomic E-state index is 4.74. The molecule has 0 spiro atoms. The number of nitrogens with one attached hydrogen (secondary N) is 1. The van der Waals surface area contributed by atoms with Gasteiger partial charge in [0.05, 0.1) is 5.52 Å². The highest BCUT2D eigenvalue weighted by Gasteiger charge is 2.41. The van der Waals surface area contributed by atoms with Crippen molar-refractivity contribution < 1.29 is 0 Å². The largest absolute Gasteiger partial charge is 0.367 e. The van der Waals surface area contributed by atoms with Crippen LogP contribution in [0.15, 0.2) is 36.4 Å².